The molecule has 5 rings (SSSR count). The molecule has 1 unspecified atom stereocenters. The molecule has 0 spiro atoms. The van der Waals surface area contributed by atoms with Gasteiger partial charge in [-0.15, -0.1) is 0 Å². The molecule has 0 radical (unpaired) electrons. The molecule has 0 aromatic carbocycles. The van der Waals surface area contributed by atoms with Gasteiger partial charge < -0.3 is 10.2 Å². The molecule has 3 heterocycles. The van der Waals surface area contributed by atoms with Gasteiger partial charge in [-0.05, 0) is 70.9 Å². The van der Waals surface area contributed by atoms with Crippen molar-refractivity contribution in [3.8, 4) is 0 Å². The van der Waals surface area contributed by atoms with Crippen molar-refractivity contribution in [2.45, 2.75) is 95.1 Å². The van der Waals surface area contributed by atoms with Crippen molar-refractivity contribution in [3.63, 3.8) is 0 Å². The summed E-state index contributed by atoms with van der Waals surface area (Å²) in [6.07, 6.45) is 16.4. The van der Waals surface area contributed by atoms with Crippen molar-refractivity contribution in [3.05, 3.63) is 17.0 Å². The lowest BCUT2D eigenvalue weighted by molar-refractivity contribution is 0.0310. The maximum atomic E-state index is 13.1. The summed E-state index contributed by atoms with van der Waals surface area (Å²) < 4.78 is 1.98. The van der Waals surface area contributed by atoms with E-state index in [1.165, 1.54) is 75.7 Å². The summed E-state index contributed by atoms with van der Waals surface area (Å²) in [6.45, 7) is 5.47. The zero-order chi connectivity index (χ0) is 21.3. The fourth-order valence-corrected chi connectivity index (χ4v) is 6.72. The Kier molecular flexibility index (Phi) is 6.38. The molecular weight excluding hydrogens is 386 g/mol. The van der Waals surface area contributed by atoms with Gasteiger partial charge in [0.2, 0.25) is 0 Å². The first-order valence-electron chi connectivity index (χ1n) is 13.0. The molecule has 2 saturated heterocycles. The van der Waals surface area contributed by atoms with Crippen LogP contribution in [-0.4, -0.2) is 69.8 Å². The molecule has 1 N–H and O–H groups in total. The van der Waals surface area contributed by atoms with Crippen molar-refractivity contribution >= 4 is 5.91 Å². The first-order chi connectivity index (χ1) is 15.2. The molecule has 2 aliphatic carbocycles. The Morgan fingerprint density at radius 2 is 1.68 bits per heavy atom. The highest BCUT2D eigenvalue weighted by molar-refractivity contribution is 5.94. The third-order valence-electron chi connectivity index (χ3n) is 8.58. The summed E-state index contributed by atoms with van der Waals surface area (Å²) in [6, 6.07) is 0.463. The molecule has 6 heteroatoms. The Morgan fingerprint density at radius 3 is 2.42 bits per heavy atom. The Labute approximate surface area is 187 Å². The summed E-state index contributed by atoms with van der Waals surface area (Å²) in [7, 11) is 2.01. The smallest absolute Gasteiger partial charge is 0.274 e. The van der Waals surface area contributed by atoms with Crippen LogP contribution in [0.3, 0.4) is 0 Å². The quantitative estimate of drug-likeness (QED) is 0.783. The van der Waals surface area contributed by atoms with E-state index in [1.54, 1.807) is 0 Å². The van der Waals surface area contributed by atoms with Gasteiger partial charge in [0, 0.05) is 49.5 Å². The maximum Gasteiger partial charge on any atom is 0.274 e. The Balaban J connectivity index is 1.28. The number of rotatable bonds is 5. The molecule has 1 aromatic rings. The number of hydrogen-bond donors (Lipinski definition) is 1. The van der Waals surface area contributed by atoms with Crippen LogP contribution >= 0.6 is 0 Å². The Bertz CT molecular complexity index is 769. The summed E-state index contributed by atoms with van der Waals surface area (Å²) in [5.74, 6) is 0.159. The highest BCUT2D eigenvalue weighted by Crippen LogP contribution is 2.36. The van der Waals surface area contributed by atoms with Crippen LogP contribution in [0.5, 0.6) is 0 Å². The Hall–Kier alpha value is -1.40. The van der Waals surface area contributed by atoms with Crippen molar-refractivity contribution in [2.24, 2.45) is 7.05 Å². The molecule has 6 nitrogen and oxygen atoms in total. The molecule has 31 heavy (non-hydrogen) atoms. The van der Waals surface area contributed by atoms with Crippen LogP contribution in [0.1, 0.15) is 92.4 Å². The van der Waals surface area contributed by atoms with E-state index < -0.39 is 0 Å². The number of aryl methyl sites for hydroxylation is 1. The lowest BCUT2D eigenvalue weighted by Crippen LogP contribution is -2.59. The van der Waals surface area contributed by atoms with E-state index in [0.29, 0.717) is 11.6 Å². The first kappa shape index (κ1) is 21.4. The van der Waals surface area contributed by atoms with Gasteiger partial charge in [0.25, 0.3) is 5.91 Å². The van der Waals surface area contributed by atoms with Gasteiger partial charge in [0.1, 0.15) is 0 Å². The number of piperidine rings is 1. The standard InChI is InChI=1S/C25H41N5O/c1-28-22-11-10-20(18-21(22)23(27-28)24(31)29-14-8-9-15-29)26-19-25(12-4-2-5-13-25)30-16-6-3-7-17-30/h20,26H,2-19H2,1H3. The molecule has 4 aliphatic rings. The van der Waals surface area contributed by atoms with Crippen molar-refractivity contribution in [1.29, 1.82) is 0 Å². The molecule has 172 valence electrons. The molecule has 0 bridgehead atoms. The highest BCUT2D eigenvalue weighted by atomic mass is 16.2. The molecule has 1 atom stereocenters. The van der Waals surface area contributed by atoms with Gasteiger partial charge in [0.15, 0.2) is 5.69 Å². The zero-order valence-corrected chi connectivity index (χ0v) is 19.5. The van der Waals surface area contributed by atoms with Crippen LogP contribution in [0.15, 0.2) is 0 Å². The van der Waals surface area contributed by atoms with E-state index in [9.17, 15) is 4.79 Å². The monoisotopic (exact) mass is 427 g/mol. The number of hydrogen-bond acceptors (Lipinski definition) is 4. The number of carbonyl (C=O) groups is 1. The molecule has 1 saturated carbocycles. The number of carbonyl (C=O) groups excluding carboxylic acids is 1. The molecule has 1 aromatic heterocycles. The van der Waals surface area contributed by atoms with Crippen LogP contribution in [0.25, 0.3) is 0 Å². The summed E-state index contributed by atoms with van der Waals surface area (Å²) >= 11 is 0. The van der Waals surface area contributed by atoms with Crippen LogP contribution in [-0.2, 0) is 19.9 Å². The number of amides is 1. The minimum atomic E-state index is 0.159. The summed E-state index contributed by atoms with van der Waals surface area (Å²) in [4.78, 5) is 18.0. The third kappa shape index (κ3) is 4.30. The SMILES string of the molecule is Cn1nc(C(=O)N2CCCC2)c2c1CCC(NCC1(N3CCCCC3)CCCCC1)C2. The van der Waals surface area contributed by atoms with Crippen LogP contribution in [0.4, 0.5) is 0 Å². The summed E-state index contributed by atoms with van der Waals surface area (Å²) in [5, 5.41) is 8.71. The fraction of sp³-hybridized carbons (Fsp3) is 0.840. The molecular formula is C25H41N5O. The van der Waals surface area contributed by atoms with E-state index >= 15 is 0 Å². The number of fused-ring (bicyclic) bond motifs is 1. The van der Waals surface area contributed by atoms with Gasteiger partial charge >= 0.3 is 0 Å². The molecule has 1 amide bonds. The van der Waals surface area contributed by atoms with E-state index in [1.807, 2.05) is 16.6 Å². The second kappa shape index (κ2) is 9.22. The second-order valence-electron chi connectivity index (χ2n) is 10.6. The lowest BCUT2D eigenvalue weighted by atomic mass is 9.78. The topological polar surface area (TPSA) is 53.4 Å². The molecule has 3 fully saturated rings. The maximum absolute atomic E-state index is 13.1. The lowest BCUT2D eigenvalue weighted by Gasteiger charge is -2.49. The number of nitrogens with zero attached hydrogens (tertiary/aromatic N) is 4. The second-order valence-corrected chi connectivity index (χ2v) is 10.6. The number of nitrogens with one attached hydrogen (secondary N) is 1. The minimum Gasteiger partial charge on any atom is -0.337 e. The first-order valence-corrected chi connectivity index (χ1v) is 13.0. The van der Waals surface area contributed by atoms with Gasteiger partial charge in [-0.1, -0.05) is 25.7 Å². The zero-order valence-electron chi connectivity index (χ0n) is 19.5. The van der Waals surface area contributed by atoms with Crippen molar-refractivity contribution in [1.82, 2.24) is 24.9 Å². The number of aromatic nitrogens is 2. The Morgan fingerprint density at radius 1 is 1.00 bits per heavy atom. The minimum absolute atomic E-state index is 0.159. The normalized spacial score (nSPS) is 26.7. The van der Waals surface area contributed by atoms with Gasteiger partial charge in [-0.3, -0.25) is 14.4 Å². The van der Waals surface area contributed by atoms with Crippen LogP contribution < -0.4 is 5.32 Å². The predicted octanol–water partition coefficient (Wildman–Crippen LogP) is 3.29. The number of likely N-dealkylation sites (tertiary alicyclic amines) is 2. The van der Waals surface area contributed by atoms with E-state index in [0.717, 1.165) is 57.4 Å². The fourth-order valence-electron chi connectivity index (χ4n) is 6.72. The van der Waals surface area contributed by atoms with Gasteiger partial charge in [0.05, 0.1) is 0 Å². The van der Waals surface area contributed by atoms with Crippen molar-refractivity contribution < 1.29 is 4.79 Å². The average Bonchev–Trinajstić information content (AvgIpc) is 3.47. The van der Waals surface area contributed by atoms with E-state index in [-0.39, 0.29) is 5.91 Å². The predicted molar refractivity (Wildman–Crippen MR) is 123 cm³/mol. The molecule has 2 aliphatic heterocycles. The van der Waals surface area contributed by atoms with E-state index in [2.05, 4.69) is 10.2 Å². The summed E-state index contributed by atoms with van der Waals surface area (Å²) in [5.41, 5.74) is 3.60. The van der Waals surface area contributed by atoms with Gasteiger partial charge in [-0.25, -0.2) is 0 Å². The average molecular weight is 428 g/mol. The van der Waals surface area contributed by atoms with Crippen molar-refractivity contribution in [2.75, 3.05) is 32.7 Å². The van der Waals surface area contributed by atoms with E-state index in [4.69, 9.17) is 5.10 Å². The largest absolute Gasteiger partial charge is 0.337 e. The third-order valence-corrected chi connectivity index (χ3v) is 8.58. The van der Waals surface area contributed by atoms with Crippen LogP contribution in [0, 0.1) is 0 Å². The van der Waals surface area contributed by atoms with Gasteiger partial charge in [-0.2, -0.15) is 5.10 Å². The van der Waals surface area contributed by atoms with Crippen LogP contribution in [0.2, 0.25) is 0 Å². The highest BCUT2D eigenvalue weighted by Gasteiger charge is 2.39.